The Balaban J connectivity index is 1.60. The summed E-state index contributed by atoms with van der Waals surface area (Å²) in [5, 5.41) is 14.7. The smallest absolute Gasteiger partial charge is 0.256 e. The quantitative estimate of drug-likeness (QED) is 0.739. The normalized spacial score (nSPS) is 10.8. The maximum absolute atomic E-state index is 12.1. The standard InChI is InChI=1S/C15H16N6O2S/c1-10-11(2)17-9-20(15(10)23)7-14(22)16-5-12-6-21(19-18-12)13-3-4-24-8-13/h3-4,6,8-9H,5,7H2,1-2H3,(H,16,22). The molecule has 0 saturated carbocycles. The molecule has 3 rings (SSSR count). The first kappa shape index (κ1) is 16.1. The SMILES string of the molecule is Cc1ncn(CC(=O)NCc2cn(-c3ccsc3)nn2)c(=O)c1C. The summed E-state index contributed by atoms with van der Waals surface area (Å²) >= 11 is 1.57. The second kappa shape index (κ2) is 6.75. The van der Waals surface area contributed by atoms with Crippen molar-refractivity contribution in [2.75, 3.05) is 0 Å². The van der Waals surface area contributed by atoms with Gasteiger partial charge in [-0.3, -0.25) is 14.2 Å². The third-order valence-electron chi connectivity index (χ3n) is 3.61. The molecule has 1 amide bonds. The van der Waals surface area contributed by atoms with E-state index in [1.54, 1.807) is 36.1 Å². The van der Waals surface area contributed by atoms with Gasteiger partial charge in [-0.05, 0) is 25.3 Å². The largest absolute Gasteiger partial charge is 0.349 e. The van der Waals surface area contributed by atoms with Gasteiger partial charge in [-0.2, -0.15) is 11.3 Å². The van der Waals surface area contributed by atoms with Crippen LogP contribution in [0.4, 0.5) is 0 Å². The molecule has 0 aromatic carbocycles. The zero-order chi connectivity index (χ0) is 17.1. The predicted octanol–water partition coefficient (Wildman–Crippen LogP) is 0.819. The van der Waals surface area contributed by atoms with Gasteiger partial charge in [-0.25, -0.2) is 9.67 Å². The van der Waals surface area contributed by atoms with E-state index in [0.717, 1.165) is 5.69 Å². The number of hydrogen-bond acceptors (Lipinski definition) is 6. The zero-order valence-corrected chi connectivity index (χ0v) is 14.1. The van der Waals surface area contributed by atoms with Crippen molar-refractivity contribution in [2.45, 2.75) is 26.9 Å². The molecule has 0 radical (unpaired) electrons. The highest BCUT2D eigenvalue weighted by Crippen LogP contribution is 2.10. The fourth-order valence-corrected chi connectivity index (χ4v) is 2.70. The fraction of sp³-hybridized carbons (Fsp3) is 0.267. The molecule has 8 nitrogen and oxygen atoms in total. The van der Waals surface area contributed by atoms with Gasteiger partial charge in [-0.15, -0.1) is 5.10 Å². The summed E-state index contributed by atoms with van der Waals surface area (Å²) in [6, 6.07) is 1.93. The van der Waals surface area contributed by atoms with Crippen LogP contribution in [0.15, 0.2) is 34.1 Å². The molecule has 0 saturated heterocycles. The van der Waals surface area contributed by atoms with E-state index in [9.17, 15) is 9.59 Å². The molecule has 124 valence electrons. The second-order valence-electron chi connectivity index (χ2n) is 5.30. The molecule has 3 aromatic heterocycles. The van der Waals surface area contributed by atoms with Crippen molar-refractivity contribution < 1.29 is 4.79 Å². The number of nitrogens with one attached hydrogen (secondary N) is 1. The van der Waals surface area contributed by atoms with Gasteiger partial charge >= 0.3 is 0 Å². The first-order valence-electron chi connectivity index (χ1n) is 7.27. The highest BCUT2D eigenvalue weighted by Gasteiger charge is 2.09. The van der Waals surface area contributed by atoms with Crippen LogP contribution in [-0.2, 0) is 17.9 Å². The maximum atomic E-state index is 12.1. The molecule has 0 aliphatic heterocycles. The summed E-state index contributed by atoms with van der Waals surface area (Å²) in [5.41, 5.74) is 2.57. The number of nitrogens with zero attached hydrogens (tertiary/aromatic N) is 5. The maximum Gasteiger partial charge on any atom is 0.256 e. The third kappa shape index (κ3) is 3.40. The highest BCUT2D eigenvalue weighted by molar-refractivity contribution is 7.08. The van der Waals surface area contributed by atoms with Crippen LogP contribution in [0.25, 0.3) is 5.69 Å². The fourth-order valence-electron chi connectivity index (χ4n) is 2.08. The van der Waals surface area contributed by atoms with E-state index in [1.165, 1.54) is 10.9 Å². The van der Waals surface area contributed by atoms with Gasteiger partial charge in [0.1, 0.15) is 12.2 Å². The number of hydrogen-bond donors (Lipinski definition) is 1. The number of aryl methyl sites for hydroxylation is 1. The van der Waals surface area contributed by atoms with Crippen LogP contribution in [0.2, 0.25) is 0 Å². The van der Waals surface area contributed by atoms with E-state index in [1.807, 2.05) is 16.8 Å². The number of carbonyl (C=O) groups is 1. The molecule has 3 heterocycles. The Labute approximate surface area is 141 Å². The van der Waals surface area contributed by atoms with Gasteiger partial charge in [-0.1, -0.05) is 5.21 Å². The lowest BCUT2D eigenvalue weighted by atomic mass is 10.3. The second-order valence-corrected chi connectivity index (χ2v) is 6.08. The van der Waals surface area contributed by atoms with Crippen molar-refractivity contribution in [1.29, 1.82) is 0 Å². The molecule has 0 unspecified atom stereocenters. The number of amides is 1. The molecule has 24 heavy (non-hydrogen) atoms. The first-order chi connectivity index (χ1) is 11.5. The van der Waals surface area contributed by atoms with E-state index in [2.05, 4.69) is 20.6 Å². The molecule has 3 aromatic rings. The molecular weight excluding hydrogens is 328 g/mol. The lowest BCUT2D eigenvalue weighted by Crippen LogP contribution is -2.33. The van der Waals surface area contributed by atoms with Gasteiger partial charge in [0.2, 0.25) is 5.91 Å². The van der Waals surface area contributed by atoms with Crippen molar-refractivity contribution in [1.82, 2.24) is 29.9 Å². The van der Waals surface area contributed by atoms with Crippen LogP contribution in [-0.4, -0.2) is 30.5 Å². The summed E-state index contributed by atoms with van der Waals surface area (Å²) < 4.78 is 2.94. The minimum atomic E-state index is -0.285. The van der Waals surface area contributed by atoms with Crippen molar-refractivity contribution in [3.8, 4) is 5.69 Å². The number of thiophene rings is 1. The summed E-state index contributed by atoms with van der Waals surface area (Å²) in [7, 11) is 0. The van der Waals surface area contributed by atoms with Crippen LogP contribution in [0, 0.1) is 13.8 Å². The molecule has 0 spiro atoms. The monoisotopic (exact) mass is 344 g/mol. The van der Waals surface area contributed by atoms with Gasteiger partial charge in [0, 0.05) is 16.6 Å². The Morgan fingerprint density at radius 3 is 2.96 bits per heavy atom. The van der Waals surface area contributed by atoms with Crippen LogP contribution in [0.5, 0.6) is 0 Å². The Morgan fingerprint density at radius 1 is 1.38 bits per heavy atom. The molecular formula is C15H16N6O2S. The highest BCUT2D eigenvalue weighted by atomic mass is 32.1. The Bertz CT molecular complexity index is 912. The summed E-state index contributed by atoms with van der Waals surface area (Å²) in [4.78, 5) is 28.2. The number of carbonyl (C=O) groups excluding carboxylic acids is 1. The van der Waals surface area contributed by atoms with Crippen LogP contribution in [0.1, 0.15) is 17.0 Å². The van der Waals surface area contributed by atoms with Gasteiger partial charge in [0.15, 0.2) is 0 Å². The molecule has 0 atom stereocenters. The van der Waals surface area contributed by atoms with Crippen molar-refractivity contribution in [3.63, 3.8) is 0 Å². The molecule has 0 aliphatic carbocycles. The molecule has 0 fully saturated rings. The summed E-state index contributed by atoms with van der Waals surface area (Å²) in [6.07, 6.45) is 3.14. The predicted molar refractivity (Wildman–Crippen MR) is 89.1 cm³/mol. The van der Waals surface area contributed by atoms with E-state index in [4.69, 9.17) is 0 Å². The Kier molecular flexibility index (Phi) is 4.52. The van der Waals surface area contributed by atoms with Crippen LogP contribution >= 0.6 is 11.3 Å². The van der Waals surface area contributed by atoms with Crippen molar-refractivity contribution in [2.24, 2.45) is 0 Å². The van der Waals surface area contributed by atoms with E-state index in [0.29, 0.717) is 17.0 Å². The average molecular weight is 344 g/mol. The van der Waals surface area contributed by atoms with E-state index < -0.39 is 0 Å². The minimum Gasteiger partial charge on any atom is -0.349 e. The van der Waals surface area contributed by atoms with Crippen LogP contribution < -0.4 is 10.9 Å². The first-order valence-corrected chi connectivity index (χ1v) is 8.22. The molecule has 0 aliphatic rings. The summed E-state index contributed by atoms with van der Waals surface area (Å²) in [5.74, 6) is -0.285. The van der Waals surface area contributed by atoms with Crippen LogP contribution in [0.3, 0.4) is 0 Å². The average Bonchev–Trinajstić information content (AvgIpc) is 3.24. The zero-order valence-electron chi connectivity index (χ0n) is 13.3. The third-order valence-corrected chi connectivity index (χ3v) is 4.28. The summed E-state index contributed by atoms with van der Waals surface area (Å²) in [6.45, 7) is 3.63. The number of rotatable bonds is 5. The molecule has 1 N–H and O–H groups in total. The molecule has 0 bridgehead atoms. The Morgan fingerprint density at radius 2 is 2.21 bits per heavy atom. The lowest BCUT2D eigenvalue weighted by molar-refractivity contribution is -0.121. The van der Waals surface area contributed by atoms with Gasteiger partial charge < -0.3 is 5.32 Å². The van der Waals surface area contributed by atoms with Crippen molar-refractivity contribution >= 4 is 17.2 Å². The van der Waals surface area contributed by atoms with Gasteiger partial charge in [0.05, 0.1) is 24.8 Å². The van der Waals surface area contributed by atoms with Crippen molar-refractivity contribution in [3.05, 3.63) is 56.7 Å². The minimum absolute atomic E-state index is 0.0778. The topological polar surface area (TPSA) is 94.7 Å². The Hall–Kier alpha value is -2.81. The van der Waals surface area contributed by atoms with Gasteiger partial charge in [0.25, 0.3) is 5.56 Å². The lowest BCUT2D eigenvalue weighted by Gasteiger charge is -2.07. The van der Waals surface area contributed by atoms with E-state index in [-0.39, 0.29) is 24.6 Å². The molecule has 9 heteroatoms. The number of aromatic nitrogens is 5. The van der Waals surface area contributed by atoms with E-state index >= 15 is 0 Å².